The smallest absolute Gasteiger partial charge is 0.416 e. The van der Waals surface area contributed by atoms with Crippen molar-refractivity contribution in [3.8, 4) is 0 Å². The lowest BCUT2D eigenvalue weighted by atomic mass is 9.74. The molecule has 2 aliphatic rings. The van der Waals surface area contributed by atoms with Crippen LogP contribution in [0.25, 0.3) is 0 Å². The maximum atomic E-state index is 13.5. The zero-order chi connectivity index (χ0) is 30.9. The lowest BCUT2D eigenvalue weighted by Crippen LogP contribution is -2.45. The number of hydrogen-bond donors (Lipinski definition) is 2. The van der Waals surface area contributed by atoms with E-state index in [1.165, 1.54) is 18.4 Å². The minimum absolute atomic E-state index is 0.0805. The Bertz CT molecular complexity index is 1240. The van der Waals surface area contributed by atoms with E-state index < -0.39 is 41.5 Å². The van der Waals surface area contributed by atoms with Gasteiger partial charge in [-0.05, 0) is 74.9 Å². The van der Waals surface area contributed by atoms with Crippen LogP contribution < -0.4 is 10.6 Å². The summed E-state index contributed by atoms with van der Waals surface area (Å²) in [6, 6.07) is 1.51. The second-order valence-electron chi connectivity index (χ2n) is 11.3. The van der Waals surface area contributed by atoms with Crippen LogP contribution in [-0.4, -0.2) is 48.1 Å². The topological polar surface area (TPSA) is 83.6 Å². The fourth-order valence-corrected chi connectivity index (χ4v) is 6.84. The third-order valence-electron chi connectivity index (χ3n) is 8.56. The summed E-state index contributed by atoms with van der Waals surface area (Å²) >= 11 is 1.33. The quantitative estimate of drug-likeness (QED) is 0.324. The van der Waals surface area contributed by atoms with E-state index in [9.17, 15) is 35.9 Å². The number of aromatic nitrogens is 1. The Balaban J connectivity index is 1.38. The fourth-order valence-electron chi connectivity index (χ4n) is 6.06. The molecule has 14 heteroatoms. The lowest BCUT2D eigenvalue weighted by molar-refractivity contribution is -0.143. The Labute approximate surface area is 244 Å². The second kappa shape index (κ2) is 12.4. The number of likely N-dealkylation sites (tertiary alicyclic amines) is 1. The standard InChI is InChI=1S/C28H34F6N4O3S/c1-16(2)26(23(39)35-14-17-10-19(27(29,30)31)12-20(11-17)28(32,33)34)7-4-21(13-26)38-8-5-18(6-9-38)22-15-42-24(36-22)37-25(40)41-3/h10-12,15-16,18,21H,4-9,13-14H2,1-3H3,(H,35,39)(H,36,37,40)/t21-,26+/m1/s1. The summed E-state index contributed by atoms with van der Waals surface area (Å²) in [7, 11) is 1.28. The van der Waals surface area contributed by atoms with Crippen molar-refractivity contribution >= 4 is 28.5 Å². The van der Waals surface area contributed by atoms with Crippen molar-refractivity contribution in [1.82, 2.24) is 15.2 Å². The average molecular weight is 621 g/mol. The van der Waals surface area contributed by atoms with E-state index >= 15 is 0 Å². The molecule has 0 bridgehead atoms. The molecule has 1 saturated carbocycles. The van der Waals surface area contributed by atoms with E-state index in [1.54, 1.807) is 0 Å². The third kappa shape index (κ3) is 7.19. The van der Waals surface area contributed by atoms with Crippen molar-refractivity contribution in [2.24, 2.45) is 11.3 Å². The maximum absolute atomic E-state index is 13.5. The minimum Gasteiger partial charge on any atom is -0.453 e. The molecule has 2 atom stereocenters. The summed E-state index contributed by atoms with van der Waals surface area (Å²) in [4.78, 5) is 31.8. The fraction of sp³-hybridized carbons (Fsp3) is 0.607. The number of hydrogen-bond acceptors (Lipinski definition) is 6. The molecule has 7 nitrogen and oxygen atoms in total. The van der Waals surface area contributed by atoms with Crippen LogP contribution >= 0.6 is 11.3 Å². The number of amides is 2. The monoisotopic (exact) mass is 620 g/mol. The van der Waals surface area contributed by atoms with Crippen LogP contribution in [0.15, 0.2) is 23.6 Å². The number of carbonyl (C=O) groups excluding carboxylic acids is 2. The van der Waals surface area contributed by atoms with Crippen molar-refractivity contribution in [3.63, 3.8) is 0 Å². The van der Waals surface area contributed by atoms with Gasteiger partial charge in [-0.3, -0.25) is 10.1 Å². The predicted molar refractivity (Wildman–Crippen MR) is 145 cm³/mol. The number of nitrogens with one attached hydrogen (secondary N) is 2. The number of benzene rings is 1. The molecule has 4 rings (SSSR count). The molecule has 1 aromatic carbocycles. The zero-order valence-electron chi connectivity index (χ0n) is 23.5. The number of nitrogens with zero attached hydrogens (tertiary/aromatic N) is 2. The first-order chi connectivity index (χ1) is 19.6. The Morgan fingerprint density at radius 3 is 2.24 bits per heavy atom. The summed E-state index contributed by atoms with van der Waals surface area (Å²) in [6.07, 6.45) is -6.87. The third-order valence-corrected chi connectivity index (χ3v) is 9.34. The minimum atomic E-state index is -4.95. The predicted octanol–water partition coefficient (Wildman–Crippen LogP) is 7.05. The molecule has 42 heavy (non-hydrogen) atoms. The Morgan fingerprint density at radius 1 is 1.07 bits per heavy atom. The molecule has 232 valence electrons. The number of methoxy groups -OCH3 is 1. The van der Waals surface area contributed by atoms with Gasteiger partial charge in [0.15, 0.2) is 5.13 Å². The Kier molecular flexibility index (Phi) is 9.46. The number of anilines is 1. The summed E-state index contributed by atoms with van der Waals surface area (Å²) in [5.41, 5.74) is -2.93. The SMILES string of the molecule is COC(=O)Nc1nc(C2CCN([C@@H]3CC[C@@](C(=O)NCc4cc(C(F)(F)F)cc(C(F)(F)F)c4)(C(C)C)C3)CC2)cs1. The second-order valence-corrected chi connectivity index (χ2v) is 12.2. The highest BCUT2D eigenvalue weighted by atomic mass is 32.1. The molecular formula is C28H34F6N4O3S. The summed E-state index contributed by atoms with van der Waals surface area (Å²) in [5.74, 6) is -0.198. The molecule has 2 heterocycles. The van der Waals surface area contributed by atoms with Gasteiger partial charge in [0, 0.05) is 23.9 Å². The number of carbonyl (C=O) groups is 2. The number of halogens is 6. The molecule has 2 amide bonds. The molecule has 0 spiro atoms. The van der Waals surface area contributed by atoms with E-state index in [2.05, 4.69) is 25.3 Å². The van der Waals surface area contributed by atoms with Gasteiger partial charge >= 0.3 is 18.4 Å². The van der Waals surface area contributed by atoms with Gasteiger partial charge in [-0.2, -0.15) is 26.3 Å². The molecule has 0 radical (unpaired) electrons. The Morgan fingerprint density at radius 2 is 1.69 bits per heavy atom. The van der Waals surface area contributed by atoms with Crippen LogP contribution in [0.1, 0.15) is 74.3 Å². The first kappa shape index (κ1) is 32.1. The lowest BCUT2D eigenvalue weighted by Gasteiger charge is -2.37. The van der Waals surface area contributed by atoms with Gasteiger partial charge in [-0.25, -0.2) is 9.78 Å². The van der Waals surface area contributed by atoms with Gasteiger partial charge in [0.1, 0.15) is 0 Å². The van der Waals surface area contributed by atoms with Crippen molar-refractivity contribution in [2.45, 2.75) is 76.8 Å². The molecule has 2 N–H and O–H groups in total. The van der Waals surface area contributed by atoms with Gasteiger partial charge in [0.2, 0.25) is 5.91 Å². The van der Waals surface area contributed by atoms with Crippen LogP contribution in [0, 0.1) is 11.3 Å². The van der Waals surface area contributed by atoms with Crippen molar-refractivity contribution in [2.75, 3.05) is 25.5 Å². The van der Waals surface area contributed by atoms with Crippen molar-refractivity contribution in [3.05, 3.63) is 46.0 Å². The van der Waals surface area contributed by atoms with Gasteiger partial charge in [0.25, 0.3) is 0 Å². The van der Waals surface area contributed by atoms with Crippen LogP contribution in [-0.2, 0) is 28.4 Å². The number of rotatable bonds is 7. The first-order valence-electron chi connectivity index (χ1n) is 13.7. The van der Waals surface area contributed by atoms with Crippen LogP contribution in [0.3, 0.4) is 0 Å². The molecule has 1 aromatic heterocycles. The first-order valence-corrected chi connectivity index (χ1v) is 14.6. The molecular weight excluding hydrogens is 586 g/mol. The molecule has 0 unspecified atom stereocenters. The maximum Gasteiger partial charge on any atom is 0.416 e. The highest BCUT2D eigenvalue weighted by Gasteiger charge is 2.49. The van der Waals surface area contributed by atoms with E-state index in [4.69, 9.17) is 0 Å². The molecule has 2 fully saturated rings. The number of alkyl halides is 6. The summed E-state index contributed by atoms with van der Waals surface area (Å²) in [5, 5.41) is 7.63. The summed E-state index contributed by atoms with van der Waals surface area (Å²) in [6.45, 7) is 5.00. The van der Waals surface area contributed by atoms with Crippen LogP contribution in [0.2, 0.25) is 0 Å². The molecule has 1 saturated heterocycles. The van der Waals surface area contributed by atoms with Crippen LogP contribution in [0.4, 0.5) is 36.3 Å². The highest BCUT2D eigenvalue weighted by molar-refractivity contribution is 7.13. The number of piperidine rings is 1. The van der Waals surface area contributed by atoms with Gasteiger partial charge < -0.3 is 15.0 Å². The highest BCUT2D eigenvalue weighted by Crippen LogP contribution is 2.47. The van der Waals surface area contributed by atoms with E-state index in [0.29, 0.717) is 30.1 Å². The molecule has 2 aromatic rings. The van der Waals surface area contributed by atoms with Gasteiger partial charge in [0.05, 0.1) is 29.3 Å². The Hall–Kier alpha value is -2.87. The normalized spacial score (nSPS) is 22.4. The number of ether oxygens (including phenoxy) is 1. The zero-order valence-corrected chi connectivity index (χ0v) is 24.3. The van der Waals surface area contributed by atoms with Gasteiger partial charge in [-0.1, -0.05) is 13.8 Å². The van der Waals surface area contributed by atoms with Gasteiger partial charge in [-0.15, -0.1) is 11.3 Å². The van der Waals surface area contributed by atoms with E-state index in [0.717, 1.165) is 38.0 Å². The van der Waals surface area contributed by atoms with E-state index in [-0.39, 0.29) is 35.4 Å². The molecule has 1 aliphatic heterocycles. The largest absolute Gasteiger partial charge is 0.453 e. The van der Waals surface area contributed by atoms with E-state index in [1.807, 2.05) is 19.2 Å². The van der Waals surface area contributed by atoms with Crippen molar-refractivity contribution < 1.29 is 40.7 Å². The van der Waals surface area contributed by atoms with Crippen molar-refractivity contribution in [1.29, 1.82) is 0 Å². The van der Waals surface area contributed by atoms with Crippen LogP contribution in [0.5, 0.6) is 0 Å². The average Bonchev–Trinajstić information content (AvgIpc) is 3.59. The summed E-state index contributed by atoms with van der Waals surface area (Å²) < 4.78 is 84.2. The molecule has 1 aliphatic carbocycles. The number of thiazole rings is 1.